The quantitative estimate of drug-likeness (QED) is 0.377. The van der Waals surface area contributed by atoms with Gasteiger partial charge in [0.15, 0.2) is 0 Å². The third kappa shape index (κ3) is 6.75. The molecule has 2 fully saturated rings. The minimum Gasteiger partial charge on any atom is -0.251 e. The van der Waals surface area contributed by atoms with Crippen molar-refractivity contribution in [3.8, 4) is 0 Å². The molecule has 0 aromatic heterocycles. The van der Waals surface area contributed by atoms with Gasteiger partial charge in [0.05, 0.1) is 6.67 Å². The van der Waals surface area contributed by atoms with Crippen LogP contribution < -0.4 is 0 Å². The Morgan fingerprint density at radius 3 is 1.96 bits per heavy atom. The molecule has 2 aliphatic rings. The second kappa shape index (κ2) is 11.8. The Morgan fingerprint density at radius 2 is 1.39 bits per heavy atom. The van der Waals surface area contributed by atoms with Crippen molar-refractivity contribution in [2.75, 3.05) is 6.67 Å². The van der Waals surface area contributed by atoms with Gasteiger partial charge in [0.25, 0.3) is 0 Å². The Labute approximate surface area is 173 Å². The monoisotopic (exact) mass is 384 g/mol. The lowest BCUT2D eigenvalue weighted by molar-refractivity contribution is 0.152. The highest BCUT2D eigenvalue weighted by Crippen LogP contribution is 2.42. The fourth-order valence-corrected chi connectivity index (χ4v) is 5.64. The lowest BCUT2D eigenvalue weighted by Crippen LogP contribution is -2.25. The van der Waals surface area contributed by atoms with Crippen molar-refractivity contribution in [3.63, 3.8) is 0 Å². The fourth-order valence-electron chi connectivity index (χ4n) is 5.64. The van der Waals surface area contributed by atoms with E-state index in [-0.39, 0.29) is 6.67 Å². The standard InChI is InChI=1S/C27H41F/c1-2-5-22-7-9-24(10-8-22)11-12-25-15-19-27(20-16-25)26-17-13-23(14-18-26)6-3-4-21-28/h3,6-10,23,25-27H,2,4-5,11-21H2,1H3/t23-,25-,26-,27-. The highest BCUT2D eigenvalue weighted by atomic mass is 19.1. The first-order chi connectivity index (χ1) is 13.8. The molecule has 0 spiro atoms. The van der Waals surface area contributed by atoms with Gasteiger partial charge in [0, 0.05) is 0 Å². The zero-order chi connectivity index (χ0) is 19.6. The van der Waals surface area contributed by atoms with Crippen LogP contribution in [0.1, 0.15) is 88.7 Å². The number of hydrogen-bond acceptors (Lipinski definition) is 0. The molecule has 0 unspecified atom stereocenters. The normalized spacial score (nSPS) is 28.6. The number of alkyl halides is 1. The van der Waals surface area contributed by atoms with E-state index in [1.165, 1.54) is 88.2 Å². The second-order valence-corrected chi connectivity index (χ2v) is 9.47. The largest absolute Gasteiger partial charge is 0.251 e. The van der Waals surface area contributed by atoms with Crippen LogP contribution in [-0.2, 0) is 12.8 Å². The molecule has 0 amide bonds. The number of halogens is 1. The summed E-state index contributed by atoms with van der Waals surface area (Å²) in [5, 5.41) is 0. The average Bonchev–Trinajstić information content (AvgIpc) is 2.75. The summed E-state index contributed by atoms with van der Waals surface area (Å²) in [6.07, 6.45) is 21.4. The second-order valence-electron chi connectivity index (χ2n) is 9.47. The van der Waals surface area contributed by atoms with Gasteiger partial charge >= 0.3 is 0 Å². The van der Waals surface area contributed by atoms with Gasteiger partial charge in [-0.3, -0.25) is 4.39 Å². The molecule has 28 heavy (non-hydrogen) atoms. The highest BCUT2D eigenvalue weighted by molar-refractivity contribution is 5.22. The lowest BCUT2D eigenvalue weighted by atomic mass is 9.68. The first-order valence-electron chi connectivity index (χ1n) is 12.1. The minimum atomic E-state index is -0.209. The molecule has 0 saturated heterocycles. The van der Waals surface area contributed by atoms with E-state index in [0.717, 1.165) is 23.7 Å². The SMILES string of the molecule is CCCc1ccc(CC[C@H]2CC[C@H]([C@H]3CC[C@H](C=CCCF)CC3)CC2)cc1. The molecule has 0 radical (unpaired) electrons. The van der Waals surface area contributed by atoms with Gasteiger partial charge in [-0.25, -0.2) is 0 Å². The molecule has 2 saturated carbocycles. The molecule has 0 aliphatic heterocycles. The molecule has 1 aromatic rings. The van der Waals surface area contributed by atoms with Gasteiger partial charge in [-0.05, 0) is 99.0 Å². The number of benzene rings is 1. The van der Waals surface area contributed by atoms with Crippen LogP contribution in [0.5, 0.6) is 0 Å². The summed E-state index contributed by atoms with van der Waals surface area (Å²) in [4.78, 5) is 0. The van der Waals surface area contributed by atoms with Crippen LogP contribution in [0.15, 0.2) is 36.4 Å². The van der Waals surface area contributed by atoms with Crippen LogP contribution >= 0.6 is 0 Å². The molecule has 0 atom stereocenters. The molecule has 2 aliphatic carbocycles. The van der Waals surface area contributed by atoms with E-state index in [4.69, 9.17) is 0 Å². The van der Waals surface area contributed by atoms with Gasteiger partial charge in [0.2, 0.25) is 0 Å². The first-order valence-corrected chi connectivity index (χ1v) is 12.1. The van der Waals surface area contributed by atoms with E-state index < -0.39 is 0 Å². The number of rotatable bonds is 9. The lowest BCUT2D eigenvalue weighted by Gasteiger charge is -2.37. The molecule has 156 valence electrons. The Balaban J connectivity index is 1.33. The first kappa shape index (κ1) is 21.6. The van der Waals surface area contributed by atoms with E-state index in [0.29, 0.717) is 6.42 Å². The van der Waals surface area contributed by atoms with Crippen LogP contribution in [0, 0.1) is 23.7 Å². The van der Waals surface area contributed by atoms with Crippen molar-refractivity contribution < 1.29 is 4.39 Å². The van der Waals surface area contributed by atoms with Crippen LogP contribution in [0.25, 0.3) is 0 Å². The molecule has 3 rings (SSSR count). The van der Waals surface area contributed by atoms with Crippen LogP contribution in [0.2, 0.25) is 0 Å². The minimum absolute atomic E-state index is 0.209. The average molecular weight is 385 g/mol. The smallest absolute Gasteiger partial charge is 0.0928 e. The van der Waals surface area contributed by atoms with Gasteiger partial charge in [0.1, 0.15) is 0 Å². The molecular formula is C27H41F. The predicted molar refractivity (Wildman–Crippen MR) is 119 cm³/mol. The van der Waals surface area contributed by atoms with Gasteiger partial charge in [-0.15, -0.1) is 0 Å². The maximum absolute atomic E-state index is 12.2. The van der Waals surface area contributed by atoms with Crippen molar-refractivity contribution in [3.05, 3.63) is 47.5 Å². The topological polar surface area (TPSA) is 0 Å². The van der Waals surface area contributed by atoms with Crippen LogP contribution in [-0.4, -0.2) is 6.67 Å². The maximum atomic E-state index is 12.2. The molecule has 1 heteroatoms. The van der Waals surface area contributed by atoms with E-state index in [2.05, 4.69) is 43.3 Å². The van der Waals surface area contributed by atoms with Crippen molar-refractivity contribution >= 4 is 0 Å². The number of allylic oxidation sites excluding steroid dienone is 2. The summed E-state index contributed by atoms with van der Waals surface area (Å²) in [5.41, 5.74) is 3.01. The summed E-state index contributed by atoms with van der Waals surface area (Å²) >= 11 is 0. The zero-order valence-corrected chi connectivity index (χ0v) is 18.1. The summed E-state index contributed by atoms with van der Waals surface area (Å²) < 4.78 is 12.2. The van der Waals surface area contributed by atoms with Crippen molar-refractivity contribution in [2.24, 2.45) is 23.7 Å². The Hall–Kier alpha value is -1.11. The van der Waals surface area contributed by atoms with E-state index >= 15 is 0 Å². The van der Waals surface area contributed by atoms with Gasteiger partial charge in [-0.1, -0.05) is 62.6 Å². The van der Waals surface area contributed by atoms with E-state index in [1.54, 1.807) is 0 Å². The molecule has 1 aromatic carbocycles. The summed E-state index contributed by atoms with van der Waals surface area (Å²) in [6, 6.07) is 9.38. The molecular weight excluding hydrogens is 343 g/mol. The number of hydrogen-bond donors (Lipinski definition) is 0. The fraction of sp³-hybridized carbons (Fsp3) is 0.704. The zero-order valence-electron chi connectivity index (χ0n) is 18.1. The Bertz CT molecular complexity index is 556. The van der Waals surface area contributed by atoms with E-state index in [9.17, 15) is 4.39 Å². The van der Waals surface area contributed by atoms with Gasteiger partial charge < -0.3 is 0 Å². The third-order valence-corrected chi connectivity index (χ3v) is 7.46. The molecule has 0 nitrogen and oxygen atoms in total. The van der Waals surface area contributed by atoms with Crippen LogP contribution in [0.4, 0.5) is 4.39 Å². The molecule has 0 heterocycles. The molecule has 0 N–H and O–H groups in total. The highest BCUT2D eigenvalue weighted by Gasteiger charge is 2.30. The number of aryl methyl sites for hydroxylation is 2. The van der Waals surface area contributed by atoms with Crippen LogP contribution in [0.3, 0.4) is 0 Å². The predicted octanol–water partition coefficient (Wildman–Crippen LogP) is 8.10. The van der Waals surface area contributed by atoms with Crippen molar-refractivity contribution in [1.82, 2.24) is 0 Å². The summed E-state index contributed by atoms with van der Waals surface area (Å²) in [7, 11) is 0. The Morgan fingerprint density at radius 1 is 0.821 bits per heavy atom. The van der Waals surface area contributed by atoms with Crippen molar-refractivity contribution in [2.45, 2.75) is 90.4 Å². The van der Waals surface area contributed by atoms with Crippen molar-refractivity contribution in [1.29, 1.82) is 0 Å². The Kier molecular flexibility index (Phi) is 9.09. The summed E-state index contributed by atoms with van der Waals surface area (Å²) in [5.74, 6) is 3.63. The van der Waals surface area contributed by atoms with Gasteiger partial charge in [-0.2, -0.15) is 0 Å². The summed E-state index contributed by atoms with van der Waals surface area (Å²) in [6.45, 7) is 2.04. The molecule has 0 bridgehead atoms. The third-order valence-electron chi connectivity index (χ3n) is 7.46. The maximum Gasteiger partial charge on any atom is 0.0928 e. The van der Waals surface area contributed by atoms with E-state index in [1.807, 2.05) is 0 Å².